The molecule has 4 heteroatoms. The third-order valence-electron chi connectivity index (χ3n) is 3.58. The Balaban J connectivity index is 2.14. The second-order valence-corrected chi connectivity index (χ2v) is 5.44. The van der Waals surface area contributed by atoms with Crippen molar-refractivity contribution in [1.29, 1.82) is 0 Å². The molecule has 3 nitrogen and oxygen atoms in total. The van der Waals surface area contributed by atoms with Crippen LogP contribution in [0.4, 0.5) is 0 Å². The molecule has 2 aromatic carbocycles. The fourth-order valence-corrected chi connectivity index (χ4v) is 3.15. The molecule has 0 aliphatic carbocycles. The van der Waals surface area contributed by atoms with E-state index >= 15 is 0 Å². The molecule has 0 atom stereocenters. The predicted octanol–water partition coefficient (Wildman–Crippen LogP) is 2.92. The summed E-state index contributed by atoms with van der Waals surface area (Å²) in [6.45, 7) is 0. The van der Waals surface area contributed by atoms with E-state index in [-0.39, 0.29) is 0 Å². The topological polar surface area (TPSA) is 30.7 Å². The quantitative estimate of drug-likeness (QED) is 0.499. The van der Waals surface area contributed by atoms with Gasteiger partial charge in [-0.1, -0.05) is 30.3 Å². The van der Waals surface area contributed by atoms with Gasteiger partial charge in [0.25, 0.3) is 0 Å². The smallest absolute Gasteiger partial charge is 0.348 e. The van der Waals surface area contributed by atoms with Gasteiger partial charge in [-0.3, -0.25) is 9.97 Å². The molecule has 0 saturated heterocycles. The van der Waals surface area contributed by atoms with Crippen LogP contribution in [-0.4, -0.2) is 30.0 Å². The SMILES string of the molecule is [AlH][n]1ccc2cccc(-c3cccc4nccnc34)c21. The maximum Gasteiger partial charge on any atom is 0.348 e. The molecule has 1 radical (unpaired) electrons. The Morgan fingerprint density at radius 1 is 0.850 bits per heavy atom. The lowest BCUT2D eigenvalue weighted by Gasteiger charge is -2.09. The number of nitrogens with zero attached hydrogens (tertiary/aromatic N) is 3. The number of aromatic nitrogens is 3. The van der Waals surface area contributed by atoms with Gasteiger partial charge in [-0.25, -0.2) is 0 Å². The maximum absolute atomic E-state index is 4.51. The monoisotopic (exact) mass is 272 g/mol. The Morgan fingerprint density at radius 3 is 2.60 bits per heavy atom. The second-order valence-electron chi connectivity index (χ2n) is 4.76. The molecule has 0 amide bonds. The minimum Gasteiger partial charge on any atom is -0.451 e. The van der Waals surface area contributed by atoms with E-state index in [1.807, 2.05) is 28.6 Å². The Morgan fingerprint density at radius 2 is 1.65 bits per heavy atom. The molecule has 0 aliphatic rings. The number of fused-ring (bicyclic) bond motifs is 2. The minimum atomic E-state index is 0.929. The summed E-state index contributed by atoms with van der Waals surface area (Å²) in [5.74, 6) is 0. The molecule has 0 spiro atoms. The van der Waals surface area contributed by atoms with Crippen molar-refractivity contribution in [3.8, 4) is 11.1 Å². The van der Waals surface area contributed by atoms with Gasteiger partial charge < -0.3 is 3.55 Å². The summed E-state index contributed by atoms with van der Waals surface area (Å²) in [4.78, 5) is 8.90. The summed E-state index contributed by atoms with van der Waals surface area (Å²) >= 11 is 1.85. The summed E-state index contributed by atoms with van der Waals surface area (Å²) in [5.41, 5.74) is 5.45. The Kier molecular flexibility index (Phi) is 2.59. The van der Waals surface area contributed by atoms with Crippen LogP contribution in [0.25, 0.3) is 33.1 Å². The van der Waals surface area contributed by atoms with Crippen molar-refractivity contribution in [1.82, 2.24) is 13.5 Å². The van der Waals surface area contributed by atoms with Crippen molar-refractivity contribution >= 4 is 38.4 Å². The molecule has 93 valence electrons. The maximum atomic E-state index is 4.51. The van der Waals surface area contributed by atoms with Crippen molar-refractivity contribution in [3.63, 3.8) is 0 Å². The zero-order valence-corrected chi connectivity index (χ0v) is 12.2. The average molecular weight is 272 g/mol. The molecular weight excluding hydrogens is 261 g/mol. The fraction of sp³-hybridized carbons (Fsp3) is 0. The highest BCUT2D eigenvalue weighted by Gasteiger charge is 2.10. The lowest BCUT2D eigenvalue weighted by molar-refractivity contribution is 1.29. The lowest BCUT2D eigenvalue weighted by atomic mass is 10.0. The van der Waals surface area contributed by atoms with Crippen molar-refractivity contribution in [2.45, 2.75) is 0 Å². The van der Waals surface area contributed by atoms with Gasteiger partial charge in [-0.05, 0) is 23.7 Å². The number of hydrogen-bond acceptors (Lipinski definition) is 2. The molecule has 0 N–H and O–H groups in total. The Bertz CT molecular complexity index is 922. The van der Waals surface area contributed by atoms with Crippen LogP contribution in [0.3, 0.4) is 0 Å². The fourth-order valence-electron chi connectivity index (χ4n) is 2.69. The Labute approximate surface area is 124 Å². The van der Waals surface area contributed by atoms with Gasteiger partial charge in [-0.2, -0.15) is 0 Å². The molecule has 20 heavy (non-hydrogen) atoms. The van der Waals surface area contributed by atoms with Crippen molar-refractivity contribution in [2.75, 3.05) is 0 Å². The van der Waals surface area contributed by atoms with E-state index in [1.54, 1.807) is 12.4 Å². The molecular formula is C16H11AlN3. The van der Waals surface area contributed by atoms with Gasteiger partial charge >= 0.3 is 16.5 Å². The van der Waals surface area contributed by atoms with Crippen molar-refractivity contribution in [3.05, 3.63) is 61.1 Å². The van der Waals surface area contributed by atoms with Gasteiger partial charge in [0.1, 0.15) is 0 Å². The van der Waals surface area contributed by atoms with Crippen LogP contribution >= 0.6 is 0 Å². The second kappa shape index (κ2) is 4.45. The first-order chi connectivity index (χ1) is 9.84. The molecule has 0 aliphatic heterocycles. The summed E-state index contributed by atoms with van der Waals surface area (Å²) in [6, 6.07) is 14.7. The lowest BCUT2D eigenvalue weighted by Crippen LogP contribution is -1.92. The number of para-hydroxylation sites is 2. The highest BCUT2D eigenvalue weighted by atomic mass is 27.1. The Hall–Kier alpha value is -2.15. The van der Waals surface area contributed by atoms with Crippen LogP contribution in [0.2, 0.25) is 0 Å². The highest BCUT2D eigenvalue weighted by molar-refractivity contribution is 6.14. The molecule has 4 rings (SSSR count). The van der Waals surface area contributed by atoms with Crippen LogP contribution in [0, 0.1) is 0 Å². The average Bonchev–Trinajstić information content (AvgIpc) is 2.88. The van der Waals surface area contributed by atoms with E-state index in [0.29, 0.717) is 0 Å². The van der Waals surface area contributed by atoms with E-state index in [9.17, 15) is 0 Å². The molecule has 0 saturated carbocycles. The first-order valence-electron chi connectivity index (χ1n) is 6.46. The zero-order valence-electron chi connectivity index (χ0n) is 10.8. The van der Waals surface area contributed by atoms with Gasteiger partial charge in [0.15, 0.2) is 0 Å². The van der Waals surface area contributed by atoms with Crippen LogP contribution in [0.5, 0.6) is 0 Å². The highest BCUT2D eigenvalue weighted by Crippen LogP contribution is 2.32. The van der Waals surface area contributed by atoms with Crippen LogP contribution < -0.4 is 0 Å². The predicted molar refractivity (Wildman–Crippen MR) is 83.0 cm³/mol. The van der Waals surface area contributed by atoms with E-state index in [1.165, 1.54) is 16.5 Å². The first kappa shape index (κ1) is 11.7. The van der Waals surface area contributed by atoms with Gasteiger partial charge in [-0.15, -0.1) is 0 Å². The summed E-state index contributed by atoms with van der Waals surface area (Å²) < 4.78 is 2.18. The third-order valence-corrected chi connectivity index (χ3v) is 4.10. The van der Waals surface area contributed by atoms with Crippen molar-refractivity contribution < 1.29 is 0 Å². The molecule has 4 aromatic rings. The van der Waals surface area contributed by atoms with Gasteiger partial charge in [0.2, 0.25) is 0 Å². The number of hydrogen-bond donors (Lipinski definition) is 0. The third kappa shape index (κ3) is 1.66. The van der Waals surface area contributed by atoms with Crippen LogP contribution in [0.15, 0.2) is 61.1 Å². The minimum absolute atomic E-state index is 0.929. The zero-order chi connectivity index (χ0) is 13.5. The summed E-state index contributed by atoms with van der Waals surface area (Å²) in [5, 5.41) is 1.25. The van der Waals surface area contributed by atoms with Crippen molar-refractivity contribution in [2.24, 2.45) is 0 Å². The molecule has 2 heterocycles. The van der Waals surface area contributed by atoms with E-state index in [0.717, 1.165) is 16.6 Å². The molecule has 0 unspecified atom stereocenters. The van der Waals surface area contributed by atoms with Crippen LogP contribution in [-0.2, 0) is 0 Å². The molecule has 0 bridgehead atoms. The van der Waals surface area contributed by atoms with Gasteiger partial charge in [0, 0.05) is 29.0 Å². The van der Waals surface area contributed by atoms with E-state index in [2.05, 4.69) is 50.0 Å². The first-order valence-corrected chi connectivity index (χ1v) is 7.09. The number of benzene rings is 2. The molecule has 0 fully saturated rings. The molecule has 2 aromatic heterocycles. The van der Waals surface area contributed by atoms with Gasteiger partial charge in [0.05, 0.1) is 11.0 Å². The standard InChI is InChI=1S/C16H10N3.Al.H/c1-3-11-7-8-18-15(11)12(4-1)13-5-2-6-14-16(13)19-10-9-17-14;;/h1-10H;;/q-1;+1;. The van der Waals surface area contributed by atoms with Crippen LogP contribution in [0.1, 0.15) is 0 Å². The largest absolute Gasteiger partial charge is 0.451 e. The number of rotatable bonds is 1. The summed E-state index contributed by atoms with van der Waals surface area (Å²) in [6.07, 6.45) is 5.58. The van der Waals surface area contributed by atoms with E-state index < -0.39 is 0 Å². The summed E-state index contributed by atoms with van der Waals surface area (Å²) in [7, 11) is 0. The normalized spacial score (nSPS) is 11.2. The van der Waals surface area contributed by atoms with E-state index in [4.69, 9.17) is 0 Å².